The highest BCUT2D eigenvalue weighted by Gasteiger charge is 2.08. The average molecular weight is 130 g/mol. The Morgan fingerprint density at radius 1 is 1.11 bits per heavy atom. The highest BCUT2D eigenvalue weighted by atomic mass is 16.3. The molecule has 0 aliphatic carbocycles. The normalized spacial score (nSPS) is 18.0. The van der Waals surface area contributed by atoms with Gasteiger partial charge in [-0.1, -0.05) is 20.8 Å². The molecule has 1 heteroatoms. The number of hydrogen-bond acceptors (Lipinski definition) is 1. The van der Waals surface area contributed by atoms with E-state index >= 15 is 0 Å². The topological polar surface area (TPSA) is 20.2 Å². The van der Waals surface area contributed by atoms with Crippen LogP contribution in [-0.2, 0) is 0 Å². The van der Waals surface area contributed by atoms with E-state index in [4.69, 9.17) is 5.11 Å². The first-order valence-corrected chi connectivity index (χ1v) is 3.72. The van der Waals surface area contributed by atoms with E-state index in [-0.39, 0.29) is 6.10 Å². The lowest BCUT2D eigenvalue weighted by Gasteiger charge is -2.16. The van der Waals surface area contributed by atoms with Crippen LogP contribution in [0.15, 0.2) is 0 Å². The van der Waals surface area contributed by atoms with Crippen LogP contribution < -0.4 is 0 Å². The smallest absolute Gasteiger partial charge is 0.0514 e. The van der Waals surface area contributed by atoms with Crippen molar-refractivity contribution in [1.82, 2.24) is 0 Å². The van der Waals surface area contributed by atoms with Crippen LogP contribution >= 0.6 is 0 Å². The molecular formula is C8H18O. The van der Waals surface area contributed by atoms with Crippen molar-refractivity contribution < 1.29 is 5.11 Å². The Labute approximate surface area is 58.1 Å². The SMILES string of the molecule is CC(C)[C@@H](C)C[C@H](C)O. The Kier molecular flexibility index (Phi) is 3.87. The molecule has 0 aromatic rings. The molecule has 0 spiro atoms. The van der Waals surface area contributed by atoms with E-state index in [1.54, 1.807) is 0 Å². The largest absolute Gasteiger partial charge is 0.393 e. The third kappa shape index (κ3) is 4.46. The molecule has 9 heavy (non-hydrogen) atoms. The number of aliphatic hydroxyl groups excluding tert-OH is 1. The molecule has 0 fully saturated rings. The monoisotopic (exact) mass is 130 g/mol. The molecule has 1 N–H and O–H groups in total. The van der Waals surface area contributed by atoms with Gasteiger partial charge in [0.25, 0.3) is 0 Å². The Morgan fingerprint density at radius 2 is 1.56 bits per heavy atom. The van der Waals surface area contributed by atoms with E-state index in [1.165, 1.54) is 0 Å². The lowest BCUT2D eigenvalue weighted by Crippen LogP contribution is -2.11. The second kappa shape index (κ2) is 3.89. The first kappa shape index (κ1) is 8.96. The minimum Gasteiger partial charge on any atom is -0.393 e. The molecule has 0 saturated heterocycles. The van der Waals surface area contributed by atoms with Gasteiger partial charge in [0.15, 0.2) is 0 Å². The van der Waals surface area contributed by atoms with Gasteiger partial charge in [-0.2, -0.15) is 0 Å². The van der Waals surface area contributed by atoms with Gasteiger partial charge in [0.2, 0.25) is 0 Å². The molecule has 0 aliphatic rings. The Hall–Kier alpha value is -0.0400. The third-order valence-electron chi connectivity index (χ3n) is 1.85. The van der Waals surface area contributed by atoms with Crippen molar-refractivity contribution in [3.63, 3.8) is 0 Å². The van der Waals surface area contributed by atoms with Crippen LogP contribution in [0.1, 0.15) is 34.1 Å². The minimum absolute atomic E-state index is 0.137. The van der Waals surface area contributed by atoms with Crippen LogP contribution in [-0.4, -0.2) is 11.2 Å². The molecule has 0 saturated carbocycles. The van der Waals surface area contributed by atoms with Crippen LogP contribution in [0.4, 0.5) is 0 Å². The van der Waals surface area contributed by atoms with E-state index < -0.39 is 0 Å². The molecule has 0 aromatic heterocycles. The van der Waals surface area contributed by atoms with Gasteiger partial charge < -0.3 is 5.11 Å². The lowest BCUT2D eigenvalue weighted by molar-refractivity contribution is 0.151. The fraction of sp³-hybridized carbons (Fsp3) is 1.00. The maximum atomic E-state index is 8.97. The van der Waals surface area contributed by atoms with E-state index in [2.05, 4.69) is 20.8 Å². The predicted octanol–water partition coefficient (Wildman–Crippen LogP) is 2.05. The molecule has 0 heterocycles. The van der Waals surface area contributed by atoms with Crippen molar-refractivity contribution in [2.24, 2.45) is 11.8 Å². The predicted molar refractivity (Wildman–Crippen MR) is 40.3 cm³/mol. The van der Waals surface area contributed by atoms with Crippen LogP contribution in [0, 0.1) is 11.8 Å². The van der Waals surface area contributed by atoms with Gasteiger partial charge in [0.1, 0.15) is 0 Å². The molecule has 0 aliphatic heterocycles. The Balaban J connectivity index is 3.38. The summed E-state index contributed by atoms with van der Waals surface area (Å²) < 4.78 is 0. The molecule has 1 nitrogen and oxygen atoms in total. The fourth-order valence-corrected chi connectivity index (χ4v) is 0.810. The molecule has 0 rings (SSSR count). The standard InChI is InChI=1S/C8H18O/c1-6(2)7(3)5-8(4)9/h6-9H,5H2,1-4H3/t7-,8-/m0/s1. The molecule has 0 unspecified atom stereocenters. The maximum absolute atomic E-state index is 8.97. The first-order valence-electron chi connectivity index (χ1n) is 3.72. The molecule has 56 valence electrons. The van der Waals surface area contributed by atoms with Gasteiger partial charge >= 0.3 is 0 Å². The summed E-state index contributed by atoms with van der Waals surface area (Å²) in [4.78, 5) is 0. The van der Waals surface area contributed by atoms with E-state index in [1.807, 2.05) is 6.92 Å². The van der Waals surface area contributed by atoms with Crippen LogP contribution in [0.2, 0.25) is 0 Å². The second-order valence-corrected chi connectivity index (χ2v) is 3.31. The summed E-state index contributed by atoms with van der Waals surface area (Å²) in [5.41, 5.74) is 0. The van der Waals surface area contributed by atoms with Crippen LogP contribution in [0.3, 0.4) is 0 Å². The lowest BCUT2D eigenvalue weighted by atomic mass is 9.93. The third-order valence-corrected chi connectivity index (χ3v) is 1.85. The summed E-state index contributed by atoms with van der Waals surface area (Å²) >= 11 is 0. The molecule has 2 atom stereocenters. The van der Waals surface area contributed by atoms with Crippen molar-refractivity contribution >= 4 is 0 Å². The van der Waals surface area contributed by atoms with Gasteiger partial charge in [0.05, 0.1) is 6.10 Å². The minimum atomic E-state index is -0.137. The van der Waals surface area contributed by atoms with Gasteiger partial charge in [-0.05, 0) is 25.2 Å². The highest BCUT2D eigenvalue weighted by Crippen LogP contribution is 2.15. The summed E-state index contributed by atoms with van der Waals surface area (Å²) in [6, 6.07) is 0. The number of rotatable bonds is 3. The Morgan fingerprint density at radius 3 is 1.67 bits per heavy atom. The van der Waals surface area contributed by atoms with Crippen molar-refractivity contribution in [3.05, 3.63) is 0 Å². The maximum Gasteiger partial charge on any atom is 0.0514 e. The van der Waals surface area contributed by atoms with Gasteiger partial charge in [0, 0.05) is 0 Å². The molecule has 0 radical (unpaired) electrons. The van der Waals surface area contributed by atoms with E-state index in [0.29, 0.717) is 11.8 Å². The molecule has 0 aromatic carbocycles. The summed E-state index contributed by atoms with van der Waals surface area (Å²) in [6.45, 7) is 8.40. The quantitative estimate of drug-likeness (QED) is 0.620. The molecule has 0 bridgehead atoms. The van der Waals surface area contributed by atoms with E-state index in [0.717, 1.165) is 6.42 Å². The fourth-order valence-electron chi connectivity index (χ4n) is 0.810. The zero-order valence-corrected chi connectivity index (χ0v) is 6.89. The zero-order valence-electron chi connectivity index (χ0n) is 6.89. The van der Waals surface area contributed by atoms with Gasteiger partial charge in [-0.3, -0.25) is 0 Å². The number of aliphatic hydroxyl groups is 1. The average Bonchev–Trinajstić information content (AvgIpc) is 1.63. The van der Waals surface area contributed by atoms with Crippen molar-refractivity contribution in [2.75, 3.05) is 0 Å². The summed E-state index contributed by atoms with van der Waals surface area (Å²) in [6.07, 6.45) is 0.792. The molecule has 0 amide bonds. The summed E-state index contributed by atoms with van der Waals surface area (Å²) in [7, 11) is 0. The number of hydrogen-bond donors (Lipinski definition) is 1. The van der Waals surface area contributed by atoms with Crippen LogP contribution in [0.5, 0.6) is 0 Å². The van der Waals surface area contributed by atoms with Crippen LogP contribution in [0.25, 0.3) is 0 Å². The Bertz CT molecular complexity index is 67.0. The van der Waals surface area contributed by atoms with Crippen molar-refractivity contribution in [1.29, 1.82) is 0 Å². The zero-order chi connectivity index (χ0) is 7.44. The first-order chi connectivity index (χ1) is 4.04. The summed E-state index contributed by atoms with van der Waals surface area (Å²) in [5.74, 6) is 1.34. The molecular weight excluding hydrogens is 112 g/mol. The van der Waals surface area contributed by atoms with Crippen molar-refractivity contribution in [2.45, 2.75) is 40.2 Å². The van der Waals surface area contributed by atoms with Crippen molar-refractivity contribution in [3.8, 4) is 0 Å². The van der Waals surface area contributed by atoms with Gasteiger partial charge in [-0.25, -0.2) is 0 Å². The highest BCUT2D eigenvalue weighted by molar-refractivity contribution is 4.59. The summed E-state index contributed by atoms with van der Waals surface area (Å²) in [5, 5.41) is 8.97. The van der Waals surface area contributed by atoms with Gasteiger partial charge in [-0.15, -0.1) is 0 Å². The van der Waals surface area contributed by atoms with E-state index in [9.17, 15) is 0 Å². The second-order valence-electron chi connectivity index (χ2n) is 3.31.